The summed E-state index contributed by atoms with van der Waals surface area (Å²) in [6, 6.07) is 15.0. The summed E-state index contributed by atoms with van der Waals surface area (Å²) < 4.78 is 51.6. The molecule has 0 spiro atoms. The van der Waals surface area contributed by atoms with Crippen molar-refractivity contribution in [3.05, 3.63) is 71.2 Å². The lowest BCUT2D eigenvalue weighted by Gasteiger charge is -2.34. The van der Waals surface area contributed by atoms with Gasteiger partial charge in [0.2, 0.25) is 11.8 Å². The fraction of sp³-hybridized carbons (Fsp3) is 0.412. The van der Waals surface area contributed by atoms with Gasteiger partial charge in [0.05, 0.1) is 39.0 Å². The van der Waals surface area contributed by atoms with Crippen molar-refractivity contribution in [3.8, 4) is 23.0 Å². The molecule has 3 aromatic rings. The Hall–Kier alpha value is -4.16. The molecule has 11 nitrogen and oxygen atoms in total. The first-order valence-electron chi connectivity index (χ1n) is 15.4. The lowest BCUT2D eigenvalue weighted by Crippen LogP contribution is -2.53. The van der Waals surface area contributed by atoms with E-state index >= 15 is 0 Å². The number of benzene rings is 3. The molecule has 47 heavy (non-hydrogen) atoms. The van der Waals surface area contributed by atoms with Crippen molar-refractivity contribution in [2.24, 2.45) is 0 Å². The van der Waals surface area contributed by atoms with Gasteiger partial charge in [0.15, 0.2) is 11.5 Å². The Morgan fingerprint density at radius 1 is 0.894 bits per heavy atom. The number of sulfonamides is 1. The van der Waals surface area contributed by atoms with Crippen molar-refractivity contribution in [1.29, 1.82) is 0 Å². The van der Waals surface area contributed by atoms with E-state index in [9.17, 15) is 18.0 Å². The zero-order valence-electron chi connectivity index (χ0n) is 27.3. The molecule has 0 bridgehead atoms. The van der Waals surface area contributed by atoms with E-state index in [-0.39, 0.29) is 40.6 Å². The quantitative estimate of drug-likeness (QED) is 0.224. The highest BCUT2D eigenvalue weighted by molar-refractivity contribution is 7.92. The minimum Gasteiger partial charge on any atom is -0.497 e. The molecule has 1 aliphatic rings. The highest BCUT2D eigenvalue weighted by atomic mass is 35.5. The number of carbonyl (C=O) groups is 2. The number of hydrogen-bond acceptors (Lipinski definition) is 8. The molecule has 0 radical (unpaired) electrons. The summed E-state index contributed by atoms with van der Waals surface area (Å²) in [6.45, 7) is 1.13. The number of halogens is 1. The number of nitrogens with zero attached hydrogens (tertiary/aromatic N) is 2. The second-order valence-corrected chi connectivity index (χ2v) is 13.4. The molecule has 254 valence electrons. The van der Waals surface area contributed by atoms with Crippen molar-refractivity contribution in [2.45, 2.75) is 62.6 Å². The van der Waals surface area contributed by atoms with Gasteiger partial charge in [-0.25, -0.2) is 8.42 Å². The van der Waals surface area contributed by atoms with Crippen molar-refractivity contribution >= 4 is 39.1 Å². The maximum atomic E-state index is 14.5. The predicted molar refractivity (Wildman–Crippen MR) is 180 cm³/mol. The first-order valence-corrected chi connectivity index (χ1v) is 17.2. The summed E-state index contributed by atoms with van der Waals surface area (Å²) in [5, 5.41) is 3.52. The Morgan fingerprint density at radius 3 is 2.17 bits per heavy atom. The van der Waals surface area contributed by atoms with E-state index in [1.54, 1.807) is 36.4 Å². The van der Waals surface area contributed by atoms with Gasteiger partial charge in [0.25, 0.3) is 10.0 Å². The third-order valence-electron chi connectivity index (χ3n) is 8.26. The molecule has 4 rings (SSSR count). The Balaban J connectivity index is 1.83. The van der Waals surface area contributed by atoms with Crippen LogP contribution in [0.25, 0.3) is 0 Å². The molecule has 1 unspecified atom stereocenters. The molecule has 13 heteroatoms. The van der Waals surface area contributed by atoms with Crippen LogP contribution in [0.2, 0.25) is 5.02 Å². The summed E-state index contributed by atoms with van der Waals surface area (Å²) in [6.07, 6.45) is 4.07. The molecular formula is C34H42ClN3O8S. The fourth-order valence-corrected chi connectivity index (χ4v) is 7.33. The van der Waals surface area contributed by atoms with Crippen molar-refractivity contribution in [1.82, 2.24) is 10.2 Å². The van der Waals surface area contributed by atoms with Crippen LogP contribution in [-0.4, -0.2) is 72.2 Å². The van der Waals surface area contributed by atoms with Gasteiger partial charge in [0, 0.05) is 29.7 Å². The molecule has 3 aromatic carbocycles. The number of methoxy groups -OCH3 is 4. The average molecular weight is 688 g/mol. The van der Waals surface area contributed by atoms with Crippen LogP contribution in [0, 0.1) is 0 Å². The van der Waals surface area contributed by atoms with Crippen LogP contribution in [-0.2, 0) is 26.2 Å². The predicted octanol–water partition coefficient (Wildman–Crippen LogP) is 5.44. The van der Waals surface area contributed by atoms with Crippen LogP contribution in [0.5, 0.6) is 23.0 Å². The van der Waals surface area contributed by atoms with E-state index in [0.29, 0.717) is 28.5 Å². The topological polar surface area (TPSA) is 124 Å². The summed E-state index contributed by atoms with van der Waals surface area (Å²) >= 11 is 6.52. The van der Waals surface area contributed by atoms with Crippen LogP contribution in [0.15, 0.2) is 65.6 Å². The van der Waals surface area contributed by atoms with Crippen molar-refractivity contribution < 1.29 is 37.0 Å². The van der Waals surface area contributed by atoms with Gasteiger partial charge < -0.3 is 29.2 Å². The molecule has 1 aliphatic carbocycles. The van der Waals surface area contributed by atoms with Gasteiger partial charge in [-0.2, -0.15) is 0 Å². The molecule has 0 saturated heterocycles. The summed E-state index contributed by atoms with van der Waals surface area (Å²) in [4.78, 5) is 29.5. The molecule has 1 saturated carbocycles. The Labute approximate surface area is 281 Å². The summed E-state index contributed by atoms with van der Waals surface area (Å²) in [5.74, 6) is 0.133. The number of anilines is 1. The smallest absolute Gasteiger partial charge is 0.265 e. The average Bonchev–Trinajstić information content (AvgIpc) is 3.60. The zero-order chi connectivity index (χ0) is 34.1. The second-order valence-electron chi connectivity index (χ2n) is 11.1. The number of rotatable bonds is 15. The Bertz CT molecular complexity index is 1660. The third-order valence-corrected chi connectivity index (χ3v) is 10.4. The van der Waals surface area contributed by atoms with Crippen LogP contribution in [0.3, 0.4) is 0 Å². The maximum Gasteiger partial charge on any atom is 0.265 e. The molecule has 0 aromatic heterocycles. The molecule has 1 fully saturated rings. The monoisotopic (exact) mass is 687 g/mol. The normalized spacial score (nSPS) is 13.8. The maximum absolute atomic E-state index is 14.5. The van der Waals surface area contributed by atoms with Crippen LogP contribution in [0.4, 0.5) is 5.69 Å². The van der Waals surface area contributed by atoms with Gasteiger partial charge in [0.1, 0.15) is 24.1 Å². The Kier molecular flexibility index (Phi) is 12.2. The highest BCUT2D eigenvalue weighted by Crippen LogP contribution is 2.38. The van der Waals surface area contributed by atoms with E-state index in [2.05, 4.69) is 5.32 Å². The van der Waals surface area contributed by atoms with Gasteiger partial charge in [-0.05, 0) is 55.2 Å². The van der Waals surface area contributed by atoms with Crippen LogP contribution < -0.4 is 28.6 Å². The molecule has 0 aliphatic heterocycles. The van der Waals surface area contributed by atoms with Crippen molar-refractivity contribution in [2.75, 3.05) is 39.3 Å². The second kappa shape index (κ2) is 16.1. The summed E-state index contributed by atoms with van der Waals surface area (Å²) in [7, 11) is 1.23. The zero-order valence-corrected chi connectivity index (χ0v) is 28.9. The molecule has 2 amide bonds. The number of nitrogens with one attached hydrogen (secondary N) is 1. The van der Waals surface area contributed by atoms with E-state index < -0.39 is 28.5 Å². The van der Waals surface area contributed by atoms with E-state index in [4.69, 9.17) is 30.5 Å². The number of carbonyl (C=O) groups excluding carboxylic acids is 2. The largest absolute Gasteiger partial charge is 0.497 e. The van der Waals surface area contributed by atoms with Gasteiger partial charge in [-0.1, -0.05) is 49.6 Å². The molecule has 1 N–H and O–H groups in total. The lowest BCUT2D eigenvalue weighted by atomic mass is 10.1. The van der Waals surface area contributed by atoms with Gasteiger partial charge in [-0.15, -0.1) is 0 Å². The standard InChI is InChI=1S/C34H42ClN3O8S/c1-6-28(34(40)36-24-12-8-9-13-24)37(21-23-11-7-10-14-27(23)35)33(39)22-38(29-19-25(43-2)15-17-30(29)44-3)47(41,42)26-16-18-31(45-4)32(20-26)46-5/h7,10-11,14-20,24,28H,6,8-9,12-13,21-22H2,1-5H3,(H,36,40). The molecule has 1 atom stereocenters. The summed E-state index contributed by atoms with van der Waals surface area (Å²) in [5.41, 5.74) is 0.680. The minimum absolute atomic E-state index is 0.0193. The molecular weight excluding hydrogens is 646 g/mol. The van der Waals surface area contributed by atoms with E-state index in [1.165, 1.54) is 57.6 Å². The van der Waals surface area contributed by atoms with Crippen LogP contribution in [0.1, 0.15) is 44.6 Å². The van der Waals surface area contributed by atoms with Gasteiger partial charge in [-0.3, -0.25) is 13.9 Å². The van der Waals surface area contributed by atoms with Crippen molar-refractivity contribution in [3.63, 3.8) is 0 Å². The first kappa shape index (κ1) is 35.7. The number of hydrogen-bond donors (Lipinski definition) is 1. The van der Waals surface area contributed by atoms with E-state index in [0.717, 1.165) is 30.0 Å². The third kappa shape index (κ3) is 8.23. The number of ether oxygens (including phenoxy) is 4. The van der Waals surface area contributed by atoms with Crippen LogP contribution >= 0.6 is 11.6 Å². The highest BCUT2D eigenvalue weighted by Gasteiger charge is 2.36. The lowest BCUT2D eigenvalue weighted by molar-refractivity contribution is -0.140. The van der Waals surface area contributed by atoms with Gasteiger partial charge >= 0.3 is 0 Å². The Morgan fingerprint density at radius 2 is 1.55 bits per heavy atom. The number of amides is 2. The SMILES string of the molecule is CCC(C(=O)NC1CCCC1)N(Cc1ccccc1Cl)C(=O)CN(c1cc(OC)ccc1OC)S(=O)(=O)c1ccc(OC)c(OC)c1. The minimum atomic E-state index is -4.46. The fourth-order valence-electron chi connectivity index (χ4n) is 5.71. The van der Waals surface area contributed by atoms with E-state index in [1.807, 2.05) is 6.92 Å². The molecule has 0 heterocycles. The first-order chi connectivity index (χ1) is 22.6.